The van der Waals surface area contributed by atoms with Crippen molar-refractivity contribution in [1.29, 1.82) is 0 Å². The predicted octanol–water partition coefficient (Wildman–Crippen LogP) is 1.68. The van der Waals surface area contributed by atoms with Gasteiger partial charge in [0.1, 0.15) is 11.9 Å². The zero-order chi connectivity index (χ0) is 11.5. The van der Waals surface area contributed by atoms with E-state index < -0.39 is 4.92 Å². The molecule has 0 radical (unpaired) electrons. The molecule has 0 aliphatic carbocycles. The number of nitro benzene ring substituents is 1. The van der Waals surface area contributed by atoms with Gasteiger partial charge < -0.3 is 4.74 Å². The van der Waals surface area contributed by atoms with E-state index in [1.54, 1.807) is 12.1 Å². The third-order valence-corrected chi connectivity index (χ3v) is 2.72. The highest BCUT2D eigenvalue weighted by atomic mass is 16.6. The molecule has 16 heavy (non-hydrogen) atoms. The first-order chi connectivity index (χ1) is 7.69. The molecule has 1 aromatic carbocycles. The third-order valence-electron chi connectivity index (χ3n) is 2.72. The Morgan fingerprint density at radius 3 is 2.56 bits per heavy atom. The van der Waals surface area contributed by atoms with Crippen molar-refractivity contribution in [2.75, 3.05) is 19.6 Å². The van der Waals surface area contributed by atoms with Gasteiger partial charge in [0, 0.05) is 25.2 Å². The zero-order valence-electron chi connectivity index (χ0n) is 9.13. The fraction of sp³-hybridized carbons (Fsp3) is 0.455. The summed E-state index contributed by atoms with van der Waals surface area (Å²) in [6.07, 6.45) is 0.224. The predicted molar refractivity (Wildman–Crippen MR) is 59.6 cm³/mol. The molecule has 5 heteroatoms. The quantitative estimate of drug-likeness (QED) is 0.574. The van der Waals surface area contributed by atoms with E-state index in [-0.39, 0.29) is 11.8 Å². The van der Waals surface area contributed by atoms with Gasteiger partial charge in [-0.05, 0) is 18.7 Å². The largest absolute Gasteiger partial charge is 0.488 e. The van der Waals surface area contributed by atoms with Crippen LogP contribution in [0.2, 0.25) is 0 Å². The topological polar surface area (TPSA) is 55.6 Å². The lowest BCUT2D eigenvalue weighted by Gasteiger charge is -2.38. The molecule has 2 rings (SSSR count). The van der Waals surface area contributed by atoms with Crippen LogP contribution in [0.4, 0.5) is 5.69 Å². The average Bonchev–Trinajstić information content (AvgIpc) is 2.23. The minimum Gasteiger partial charge on any atom is -0.488 e. The average molecular weight is 222 g/mol. The second-order valence-corrected chi connectivity index (χ2v) is 3.84. The maximum atomic E-state index is 10.4. The fourth-order valence-electron chi connectivity index (χ4n) is 1.69. The molecule has 0 N–H and O–H groups in total. The molecule has 0 spiro atoms. The van der Waals surface area contributed by atoms with Crippen LogP contribution in [0, 0.1) is 10.1 Å². The first-order valence-corrected chi connectivity index (χ1v) is 5.32. The molecule has 1 aromatic rings. The van der Waals surface area contributed by atoms with Crippen molar-refractivity contribution in [3.05, 3.63) is 34.4 Å². The highest BCUT2D eigenvalue weighted by molar-refractivity contribution is 5.36. The Morgan fingerprint density at radius 2 is 2.06 bits per heavy atom. The highest BCUT2D eigenvalue weighted by Crippen LogP contribution is 2.21. The number of rotatable bonds is 4. The molecule has 1 saturated heterocycles. The van der Waals surface area contributed by atoms with Crippen molar-refractivity contribution in [3.8, 4) is 5.75 Å². The van der Waals surface area contributed by atoms with E-state index in [2.05, 4.69) is 11.8 Å². The molecule has 86 valence electrons. The SMILES string of the molecule is CCN1CC(Oc2ccc([N+](=O)[O-])cc2)C1. The molecule has 0 amide bonds. The number of hydrogen-bond donors (Lipinski definition) is 0. The summed E-state index contributed by atoms with van der Waals surface area (Å²) in [5.41, 5.74) is 0.0937. The number of likely N-dealkylation sites (tertiary alicyclic amines) is 1. The van der Waals surface area contributed by atoms with Crippen LogP contribution in [0.25, 0.3) is 0 Å². The zero-order valence-corrected chi connectivity index (χ0v) is 9.13. The maximum Gasteiger partial charge on any atom is 0.269 e. The molecule has 0 aromatic heterocycles. The maximum absolute atomic E-state index is 10.4. The molecule has 5 nitrogen and oxygen atoms in total. The van der Waals surface area contributed by atoms with E-state index in [0.717, 1.165) is 19.6 Å². The standard InChI is InChI=1S/C11H14N2O3/c1-2-12-7-11(8-12)16-10-5-3-9(4-6-10)13(14)15/h3-6,11H,2,7-8H2,1H3. The summed E-state index contributed by atoms with van der Waals surface area (Å²) in [5.74, 6) is 0.700. The first kappa shape index (κ1) is 10.9. The summed E-state index contributed by atoms with van der Waals surface area (Å²) < 4.78 is 5.65. The lowest BCUT2D eigenvalue weighted by molar-refractivity contribution is -0.384. The van der Waals surface area contributed by atoms with E-state index >= 15 is 0 Å². The van der Waals surface area contributed by atoms with Gasteiger partial charge in [0.15, 0.2) is 0 Å². The molecule has 0 atom stereocenters. The number of nitro groups is 1. The van der Waals surface area contributed by atoms with Crippen LogP contribution in [-0.2, 0) is 0 Å². The Morgan fingerprint density at radius 1 is 1.44 bits per heavy atom. The van der Waals surface area contributed by atoms with Gasteiger partial charge in [0.05, 0.1) is 4.92 Å². The number of likely N-dealkylation sites (N-methyl/N-ethyl adjacent to an activating group) is 1. The van der Waals surface area contributed by atoms with Crippen molar-refractivity contribution >= 4 is 5.69 Å². The third kappa shape index (κ3) is 2.30. The van der Waals surface area contributed by atoms with Crippen LogP contribution >= 0.6 is 0 Å². The Hall–Kier alpha value is -1.62. The van der Waals surface area contributed by atoms with Crippen molar-refractivity contribution in [2.24, 2.45) is 0 Å². The monoisotopic (exact) mass is 222 g/mol. The number of ether oxygens (including phenoxy) is 1. The van der Waals surface area contributed by atoms with Crippen molar-refractivity contribution < 1.29 is 9.66 Å². The summed E-state index contributed by atoms with van der Waals surface area (Å²) in [5, 5.41) is 10.4. The Bertz CT molecular complexity index is 371. The van der Waals surface area contributed by atoms with Crippen LogP contribution in [-0.4, -0.2) is 35.6 Å². The van der Waals surface area contributed by atoms with Gasteiger partial charge in [-0.3, -0.25) is 15.0 Å². The van der Waals surface area contributed by atoms with Crippen LogP contribution in [0.1, 0.15) is 6.92 Å². The van der Waals surface area contributed by atoms with Crippen molar-refractivity contribution in [2.45, 2.75) is 13.0 Å². The van der Waals surface area contributed by atoms with Gasteiger partial charge in [-0.15, -0.1) is 0 Å². The molecule has 0 bridgehead atoms. The second kappa shape index (κ2) is 4.49. The van der Waals surface area contributed by atoms with E-state index in [0.29, 0.717) is 5.75 Å². The van der Waals surface area contributed by atoms with E-state index in [1.165, 1.54) is 12.1 Å². The lowest BCUT2D eigenvalue weighted by Crippen LogP contribution is -2.53. The lowest BCUT2D eigenvalue weighted by atomic mass is 10.1. The highest BCUT2D eigenvalue weighted by Gasteiger charge is 2.26. The van der Waals surface area contributed by atoms with Gasteiger partial charge in [-0.1, -0.05) is 6.92 Å². The number of benzene rings is 1. The molecule has 1 fully saturated rings. The van der Waals surface area contributed by atoms with Crippen LogP contribution in [0.3, 0.4) is 0 Å². The van der Waals surface area contributed by atoms with Gasteiger partial charge >= 0.3 is 0 Å². The molecule has 1 aliphatic rings. The van der Waals surface area contributed by atoms with Crippen LogP contribution in [0.5, 0.6) is 5.75 Å². The first-order valence-electron chi connectivity index (χ1n) is 5.32. The summed E-state index contributed by atoms with van der Waals surface area (Å²) >= 11 is 0. The minimum absolute atomic E-state index is 0.0937. The number of hydrogen-bond acceptors (Lipinski definition) is 4. The summed E-state index contributed by atoms with van der Waals surface area (Å²) in [6.45, 7) is 5.03. The number of nitrogens with zero attached hydrogens (tertiary/aromatic N) is 2. The Balaban J connectivity index is 1.89. The minimum atomic E-state index is -0.411. The molecule has 0 unspecified atom stereocenters. The van der Waals surface area contributed by atoms with Gasteiger partial charge in [0.25, 0.3) is 5.69 Å². The molecular formula is C11H14N2O3. The Labute approximate surface area is 93.8 Å². The normalized spacial score (nSPS) is 16.8. The van der Waals surface area contributed by atoms with Crippen LogP contribution < -0.4 is 4.74 Å². The molecule has 1 heterocycles. The summed E-state index contributed by atoms with van der Waals surface area (Å²) in [6, 6.07) is 6.22. The fourth-order valence-corrected chi connectivity index (χ4v) is 1.69. The Kier molecular flexibility index (Phi) is 3.05. The molecule has 1 aliphatic heterocycles. The van der Waals surface area contributed by atoms with E-state index in [4.69, 9.17) is 4.74 Å². The smallest absolute Gasteiger partial charge is 0.269 e. The second-order valence-electron chi connectivity index (χ2n) is 3.84. The van der Waals surface area contributed by atoms with Gasteiger partial charge in [-0.25, -0.2) is 0 Å². The summed E-state index contributed by atoms with van der Waals surface area (Å²) in [7, 11) is 0. The van der Waals surface area contributed by atoms with Crippen LogP contribution in [0.15, 0.2) is 24.3 Å². The van der Waals surface area contributed by atoms with E-state index in [9.17, 15) is 10.1 Å². The summed E-state index contributed by atoms with van der Waals surface area (Å²) in [4.78, 5) is 12.3. The molecule has 0 saturated carbocycles. The van der Waals surface area contributed by atoms with E-state index in [1.807, 2.05) is 0 Å². The number of non-ortho nitro benzene ring substituents is 1. The van der Waals surface area contributed by atoms with Crippen molar-refractivity contribution in [1.82, 2.24) is 4.90 Å². The van der Waals surface area contributed by atoms with Gasteiger partial charge in [0.2, 0.25) is 0 Å². The van der Waals surface area contributed by atoms with Gasteiger partial charge in [-0.2, -0.15) is 0 Å². The molecular weight excluding hydrogens is 208 g/mol. The van der Waals surface area contributed by atoms with Crippen molar-refractivity contribution in [3.63, 3.8) is 0 Å².